The number of rotatable bonds is 14. The second-order valence-electron chi connectivity index (χ2n) is 12.1. The molecule has 1 amide bonds. The van der Waals surface area contributed by atoms with E-state index in [-0.39, 0.29) is 18.2 Å². The van der Waals surface area contributed by atoms with Gasteiger partial charge in [-0.3, -0.25) is 9.59 Å². The molecule has 1 N–H and O–H groups in total. The Balaban J connectivity index is 1.16. The molecule has 3 aromatic carbocycles. The van der Waals surface area contributed by atoms with E-state index in [1.54, 1.807) is 7.11 Å². The van der Waals surface area contributed by atoms with Gasteiger partial charge >= 0.3 is 5.97 Å². The number of hydrogen-bond acceptors (Lipinski definition) is 5. The van der Waals surface area contributed by atoms with Gasteiger partial charge in [0.05, 0.1) is 31.4 Å². The molecule has 43 heavy (non-hydrogen) atoms. The number of ether oxygens (including phenoxy) is 2. The molecular formula is C36H44N2O5. The minimum absolute atomic E-state index is 0.0310. The van der Waals surface area contributed by atoms with Crippen LogP contribution in [-0.4, -0.2) is 62.3 Å². The fourth-order valence-corrected chi connectivity index (χ4v) is 6.19. The molecule has 1 saturated carbocycles. The Hall–Kier alpha value is -4.00. The van der Waals surface area contributed by atoms with Gasteiger partial charge in [0, 0.05) is 32.7 Å². The number of carbonyl (C=O) groups excluding carboxylic acids is 1. The van der Waals surface area contributed by atoms with Gasteiger partial charge in [-0.25, -0.2) is 0 Å². The number of amides is 1. The molecule has 2 aliphatic rings. The largest absolute Gasteiger partial charge is 0.497 e. The Kier molecular flexibility index (Phi) is 10.2. The monoisotopic (exact) mass is 584 g/mol. The molecule has 1 aliphatic heterocycles. The van der Waals surface area contributed by atoms with Crippen molar-refractivity contribution in [2.24, 2.45) is 11.8 Å². The highest BCUT2D eigenvalue weighted by Gasteiger charge is 2.34. The van der Waals surface area contributed by atoms with Crippen LogP contribution in [0.1, 0.15) is 65.9 Å². The van der Waals surface area contributed by atoms with Crippen LogP contribution in [0.4, 0.5) is 5.69 Å². The fraction of sp³-hybridized carbons (Fsp3) is 0.444. The van der Waals surface area contributed by atoms with Gasteiger partial charge in [0.15, 0.2) is 0 Å². The molecular weight excluding hydrogens is 540 g/mol. The standard InChI is InChI=1S/C36H44N2O5/c1-37(19-7-10-26-8-4-3-5-9-26)36(41)32-16-15-30(42-2)23-34(32)38-20-17-27(18-21-38)25-43-31-12-6-11-29(22-31)33(24-35(39)40)28-13-14-28/h3-6,8-9,11-12,15-16,22-23,27-28,33H,7,10,13-14,17-21,24-25H2,1-2H3,(H,39,40). The summed E-state index contributed by atoms with van der Waals surface area (Å²) in [6.45, 7) is 2.99. The third-order valence-corrected chi connectivity index (χ3v) is 8.90. The van der Waals surface area contributed by atoms with E-state index in [9.17, 15) is 14.7 Å². The van der Waals surface area contributed by atoms with Crippen molar-refractivity contribution in [3.05, 3.63) is 89.5 Å². The molecule has 228 valence electrons. The number of benzene rings is 3. The molecule has 7 nitrogen and oxygen atoms in total. The third kappa shape index (κ3) is 8.31. The summed E-state index contributed by atoms with van der Waals surface area (Å²) >= 11 is 0. The Morgan fingerprint density at radius 1 is 0.953 bits per heavy atom. The van der Waals surface area contributed by atoms with Gasteiger partial charge in [-0.15, -0.1) is 0 Å². The van der Waals surface area contributed by atoms with E-state index in [1.165, 1.54) is 5.56 Å². The highest BCUT2D eigenvalue weighted by molar-refractivity contribution is 6.00. The molecule has 0 aromatic heterocycles. The number of methoxy groups -OCH3 is 1. The van der Waals surface area contributed by atoms with E-state index >= 15 is 0 Å². The molecule has 3 aromatic rings. The van der Waals surface area contributed by atoms with Crippen LogP contribution < -0.4 is 14.4 Å². The van der Waals surface area contributed by atoms with Crippen LogP contribution in [0.2, 0.25) is 0 Å². The highest BCUT2D eigenvalue weighted by Crippen LogP contribution is 2.45. The van der Waals surface area contributed by atoms with Crippen LogP contribution in [0.25, 0.3) is 0 Å². The summed E-state index contributed by atoms with van der Waals surface area (Å²) in [6, 6.07) is 24.1. The summed E-state index contributed by atoms with van der Waals surface area (Å²) in [4.78, 5) is 29.1. The zero-order valence-electron chi connectivity index (χ0n) is 25.4. The zero-order valence-corrected chi connectivity index (χ0v) is 25.4. The number of carboxylic acids is 1. The van der Waals surface area contributed by atoms with E-state index in [0.29, 0.717) is 30.6 Å². The Labute approximate surface area is 255 Å². The van der Waals surface area contributed by atoms with Crippen LogP contribution in [-0.2, 0) is 11.2 Å². The van der Waals surface area contributed by atoms with Crippen molar-refractivity contribution in [1.82, 2.24) is 4.90 Å². The molecule has 1 saturated heterocycles. The van der Waals surface area contributed by atoms with Crippen LogP contribution in [0.15, 0.2) is 72.8 Å². The maximum absolute atomic E-state index is 13.6. The Morgan fingerprint density at radius 2 is 1.72 bits per heavy atom. The van der Waals surface area contributed by atoms with Gasteiger partial charge in [0.25, 0.3) is 5.91 Å². The third-order valence-electron chi connectivity index (χ3n) is 8.90. The first-order valence-corrected chi connectivity index (χ1v) is 15.6. The lowest BCUT2D eigenvalue weighted by molar-refractivity contribution is -0.137. The number of aliphatic carboxylic acids is 1. The van der Waals surface area contributed by atoms with Crippen LogP contribution >= 0.6 is 0 Å². The maximum Gasteiger partial charge on any atom is 0.303 e. The summed E-state index contributed by atoms with van der Waals surface area (Å²) < 4.78 is 11.8. The molecule has 0 bridgehead atoms. The number of nitrogens with zero attached hydrogens (tertiary/aromatic N) is 2. The molecule has 1 heterocycles. The average Bonchev–Trinajstić information content (AvgIpc) is 3.88. The average molecular weight is 585 g/mol. The van der Waals surface area contributed by atoms with Gasteiger partial charge in [0.1, 0.15) is 11.5 Å². The van der Waals surface area contributed by atoms with Gasteiger partial charge in [-0.2, -0.15) is 0 Å². The number of hydrogen-bond donors (Lipinski definition) is 1. The molecule has 0 spiro atoms. The molecule has 1 atom stereocenters. The van der Waals surface area contributed by atoms with Gasteiger partial charge in [0.2, 0.25) is 0 Å². The summed E-state index contributed by atoms with van der Waals surface area (Å²) in [5.74, 6) is 1.78. The molecule has 5 rings (SSSR count). The van der Waals surface area contributed by atoms with E-state index in [0.717, 1.165) is 74.4 Å². The first kappa shape index (κ1) is 30.5. The van der Waals surface area contributed by atoms with Crippen molar-refractivity contribution in [1.29, 1.82) is 0 Å². The summed E-state index contributed by atoms with van der Waals surface area (Å²) in [7, 11) is 3.54. The predicted octanol–water partition coefficient (Wildman–Crippen LogP) is 6.66. The van der Waals surface area contributed by atoms with Crippen molar-refractivity contribution in [3.63, 3.8) is 0 Å². The van der Waals surface area contributed by atoms with Crippen LogP contribution in [0.3, 0.4) is 0 Å². The van der Waals surface area contributed by atoms with Gasteiger partial charge < -0.3 is 24.4 Å². The maximum atomic E-state index is 13.6. The molecule has 0 radical (unpaired) electrons. The first-order valence-electron chi connectivity index (χ1n) is 15.6. The number of anilines is 1. The van der Waals surface area contributed by atoms with Crippen molar-refractivity contribution in [2.45, 2.75) is 50.9 Å². The smallest absolute Gasteiger partial charge is 0.303 e. The van der Waals surface area contributed by atoms with Crippen molar-refractivity contribution in [2.75, 3.05) is 45.3 Å². The number of carbonyl (C=O) groups is 2. The van der Waals surface area contributed by atoms with Crippen molar-refractivity contribution < 1.29 is 24.2 Å². The molecule has 1 unspecified atom stereocenters. The molecule has 2 fully saturated rings. The van der Waals surface area contributed by atoms with Crippen molar-refractivity contribution >= 4 is 17.6 Å². The van der Waals surface area contributed by atoms with Gasteiger partial charge in [-0.05, 0) is 91.7 Å². The fourth-order valence-electron chi connectivity index (χ4n) is 6.19. The Bertz CT molecular complexity index is 1370. The Morgan fingerprint density at radius 3 is 2.42 bits per heavy atom. The number of piperidine rings is 1. The lowest BCUT2D eigenvalue weighted by atomic mass is 9.91. The first-order chi connectivity index (χ1) is 20.9. The lowest BCUT2D eigenvalue weighted by Crippen LogP contribution is -2.37. The number of carboxylic acid groups (broad SMARTS) is 1. The van der Waals surface area contributed by atoms with Gasteiger partial charge in [-0.1, -0.05) is 42.5 Å². The second-order valence-corrected chi connectivity index (χ2v) is 12.1. The minimum atomic E-state index is -0.745. The summed E-state index contributed by atoms with van der Waals surface area (Å²) in [6.07, 6.45) is 6.15. The SMILES string of the molecule is COc1ccc(C(=O)N(C)CCCc2ccccc2)c(N2CCC(COc3cccc(C(CC(=O)O)C4CC4)c3)CC2)c1. The highest BCUT2D eigenvalue weighted by atomic mass is 16.5. The molecule has 7 heteroatoms. The van der Waals surface area contributed by atoms with E-state index in [1.807, 2.05) is 60.5 Å². The van der Waals surface area contributed by atoms with E-state index < -0.39 is 5.97 Å². The van der Waals surface area contributed by atoms with Crippen LogP contribution in [0, 0.1) is 11.8 Å². The normalized spacial score (nSPS) is 16.0. The second kappa shape index (κ2) is 14.5. The summed E-state index contributed by atoms with van der Waals surface area (Å²) in [5, 5.41) is 9.38. The number of aryl methyl sites for hydroxylation is 1. The topological polar surface area (TPSA) is 79.3 Å². The van der Waals surface area contributed by atoms with E-state index in [4.69, 9.17) is 9.47 Å². The van der Waals surface area contributed by atoms with E-state index in [2.05, 4.69) is 29.2 Å². The summed E-state index contributed by atoms with van der Waals surface area (Å²) in [5.41, 5.74) is 3.99. The zero-order chi connectivity index (χ0) is 30.2. The van der Waals surface area contributed by atoms with Crippen LogP contribution in [0.5, 0.6) is 11.5 Å². The quantitative estimate of drug-likeness (QED) is 0.228. The van der Waals surface area contributed by atoms with Crippen molar-refractivity contribution in [3.8, 4) is 11.5 Å². The minimum Gasteiger partial charge on any atom is -0.497 e. The predicted molar refractivity (Wildman–Crippen MR) is 169 cm³/mol. The lowest BCUT2D eigenvalue weighted by Gasteiger charge is -2.35. The molecule has 1 aliphatic carbocycles.